The average molecular weight is 383 g/mol. The molecule has 8 heteroatoms. The summed E-state index contributed by atoms with van der Waals surface area (Å²) in [5.74, 6) is 0.556. The number of nitrogens with one attached hydrogen (secondary N) is 3. The lowest BCUT2D eigenvalue weighted by Gasteiger charge is -2.14. The fourth-order valence-electron chi connectivity index (χ4n) is 1.75. The Bertz CT molecular complexity index is 606. The van der Waals surface area contributed by atoms with Gasteiger partial charge < -0.3 is 10.2 Å². The number of hydrazine groups is 1. The molecule has 138 valence electrons. The minimum absolute atomic E-state index is 0.00568. The zero-order valence-corrected chi connectivity index (χ0v) is 16.7. The summed E-state index contributed by atoms with van der Waals surface area (Å²) in [5, 5.41) is 3.41. The van der Waals surface area contributed by atoms with Gasteiger partial charge in [-0.3, -0.25) is 20.4 Å². The smallest absolute Gasteiger partial charge is 0.270 e. The molecular weight excluding hydrogens is 356 g/mol. The van der Waals surface area contributed by atoms with Crippen LogP contribution in [0.1, 0.15) is 30.6 Å². The van der Waals surface area contributed by atoms with Crippen molar-refractivity contribution in [1.82, 2.24) is 21.1 Å². The molecule has 25 heavy (non-hydrogen) atoms. The van der Waals surface area contributed by atoms with E-state index >= 15 is 0 Å². The molecule has 0 bridgehead atoms. The number of thioether (sulfide) groups is 1. The second-order valence-corrected chi connectivity index (χ2v) is 7.52. The van der Waals surface area contributed by atoms with E-state index in [0.717, 1.165) is 17.9 Å². The second-order valence-electron chi connectivity index (χ2n) is 6.09. The Morgan fingerprint density at radius 1 is 1.20 bits per heavy atom. The van der Waals surface area contributed by atoms with E-state index in [0.29, 0.717) is 16.6 Å². The molecule has 6 nitrogen and oxygen atoms in total. The second kappa shape index (κ2) is 10.9. The van der Waals surface area contributed by atoms with Crippen molar-refractivity contribution >= 4 is 40.9 Å². The summed E-state index contributed by atoms with van der Waals surface area (Å²) in [5.41, 5.74) is 5.78. The minimum atomic E-state index is -0.298. The van der Waals surface area contributed by atoms with Crippen LogP contribution in [0.5, 0.6) is 0 Å². The third-order valence-electron chi connectivity index (χ3n) is 3.28. The highest BCUT2D eigenvalue weighted by molar-refractivity contribution is 8.00. The summed E-state index contributed by atoms with van der Waals surface area (Å²) in [6.07, 6.45) is 0.995. The number of amides is 2. The first-order valence-electron chi connectivity index (χ1n) is 8.07. The van der Waals surface area contributed by atoms with E-state index in [2.05, 4.69) is 30.0 Å². The van der Waals surface area contributed by atoms with Crippen molar-refractivity contribution < 1.29 is 9.59 Å². The molecule has 0 aliphatic heterocycles. The van der Waals surface area contributed by atoms with Gasteiger partial charge in [-0.2, -0.15) is 0 Å². The molecule has 1 aromatic carbocycles. The third kappa shape index (κ3) is 8.22. The van der Waals surface area contributed by atoms with Gasteiger partial charge in [0.2, 0.25) is 5.91 Å². The summed E-state index contributed by atoms with van der Waals surface area (Å²) in [7, 11) is 3.41. The maximum Gasteiger partial charge on any atom is 0.270 e. The Balaban J connectivity index is 2.55. The fourth-order valence-corrected chi connectivity index (χ4v) is 2.93. The van der Waals surface area contributed by atoms with Gasteiger partial charge in [-0.1, -0.05) is 26.0 Å². The van der Waals surface area contributed by atoms with Crippen molar-refractivity contribution in [2.45, 2.75) is 25.2 Å². The van der Waals surface area contributed by atoms with Crippen LogP contribution in [0.25, 0.3) is 0 Å². The van der Waals surface area contributed by atoms with Crippen LogP contribution in [0, 0.1) is 5.92 Å². The van der Waals surface area contributed by atoms with Crippen LogP contribution >= 0.6 is 24.0 Å². The number of carbonyl (C=O) groups is 2. The number of nitrogens with zero attached hydrogens (tertiary/aromatic N) is 1. The first kappa shape index (κ1) is 21.2. The van der Waals surface area contributed by atoms with E-state index < -0.39 is 0 Å². The summed E-state index contributed by atoms with van der Waals surface area (Å²) in [6.45, 7) is 5.02. The van der Waals surface area contributed by atoms with Crippen LogP contribution in [0.3, 0.4) is 0 Å². The number of hydrogen-bond donors (Lipinski definition) is 3. The molecule has 3 N–H and O–H groups in total. The highest BCUT2D eigenvalue weighted by atomic mass is 32.2. The molecule has 0 saturated carbocycles. The first-order valence-corrected chi connectivity index (χ1v) is 9.46. The van der Waals surface area contributed by atoms with Crippen molar-refractivity contribution in [3.05, 3.63) is 29.8 Å². The molecule has 0 heterocycles. The summed E-state index contributed by atoms with van der Waals surface area (Å²) >= 11 is 6.46. The maximum absolute atomic E-state index is 12.4. The van der Waals surface area contributed by atoms with Crippen LogP contribution < -0.4 is 16.2 Å². The van der Waals surface area contributed by atoms with E-state index in [-0.39, 0.29) is 17.6 Å². The van der Waals surface area contributed by atoms with Gasteiger partial charge in [0.05, 0.1) is 11.3 Å². The van der Waals surface area contributed by atoms with E-state index in [4.69, 9.17) is 12.2 Å². The van der Waals surface area contributed by atoms with Crippen molar-refractivity contribution in [3.8, 4) is 0 Å². The lowest BCUT2D eigenvalue weighted by Crippen LogP contribution is -2.47. The topological polar surface area (TPSA) is 73.5 Å². The predicted molar refractivity (Wildman–Crippen MR) is 107 cm³/mol. The molecular formula is C17H26N4O2S2. The summed E-state index contributed by atoms with van der Waals surface area (Å²) in [6, 6.07) is 7.16. The Labute approximate surface area is 159 Å². The zero-order valence-electron chi connectivity index (χ0n) is 15.1. The molecule has 0 radical (unpaired) electrons. The van der Waals surface area contributed by atoms with Gasteiger partial charge in [0.25, 0.3) is 5.91 Å². The van der Waals surface area contributed by atoms with Crippen LogP contribution in [0.15, 0.2) is 29.2 Å². The monoisotopic (exact) mass is 382 g/mol. The largest absolute Gasteiger partial charge is 0.361 e. The molecule has 0 atom stereocenters. The third-order valence-corrected chi connectivity index (χ3v) is 4.58. The standard InChI is InChI=1S/C17H26N4O2S2/c1-12(2)9-10-18-17(24)20-19-16(23)13-7-5-6-8-14(13)25-11-15(22)21(3)4/h5-8,12H,9-11H2,1-4H3,(H,19,23)(H2,18,20,24). The van der Waals surface area contributed by atoms with E-state index in [1.165, 1.54) is 16.7 Å². The minimum Gasteiger partial charge on any atom is -0.361 e. The molecule has 1 aromatic rings. The van der Waals surface area contributed by atoms with Gasteiger partial charge in [-0.25, -0.2) is 0 Å². The maximum atomic E-state index is 12.4. The quantitative estimate of drug-likeness (QED) is 0.381. The number of carbonyl (C=O) groups excluding carboxylic acids is 2. The van der Waals surface area contributed by atoms with Gasteiger partial charge in [-0.15, -0.1) is 11.8 Å². The molecule has 0 aromatic heterocycles. The van der Waals surface area contributed by atoms with Crippen LogP contribution in [-0.4, -0.2) is 48.2 Å². The van der Waals surface area contributed by atoms with E-state index in [1.807, 2.05) is 12.1 Å². The van der Waals surface area contributed by atoms with Crippen molar-refractivity contribution in [1.29, 1.82) is 0 Å². The van der Waals surface area contributed by atoms with Gasteiger partial charge in [-0.05, 0) is 36.7 Å². The molecule has 2 amide bonds. The number of benzene rings is 1. The van der Waals surface area contributed by atoms with Gasteiger partial charge in [0.1, 0.15) is 0 Å². The van der Waals surface area contributed by atoms with Crippen molar-refractivity contribution in [3.63, 3.8) is 0 Å². The fraction of sp³-hybridized carbons (Fsp3) is 0.471. The van der Waals surface area contributed by atoms with Crippen LogP contribution in [0.4, 0.5) is 0 Å². The Morgan fingerprint density at radius 3 is 2.52 bits per heavy atom. The zero-order chi connectivity index (χ0) is 18.8. The molecule has 0 spiro atoms. The molecule has 0 saturated heterocycles. The predicted octanol–water partition coefficient (Wildman–Crippen LogP) is 2.02. The Morgan fingerprint density at radius 2 is 1.88 bits per heavy atom. The lowest BCUT2D eigenvalue weighted by molar-refractivity contribution is -0.125. The highest BCUT2D eigenvalue weighted by Crippen LogP contribution is 2.22. The average Bonchev–Trinajstić information content (AvgIpc) is 2.57. The van der Waals surface area contributed by atoms with E-state index in [1.54, 1.807) is 26.2 Å². The SMILES string of the molecule is CC(C)CCNC(=S)NNC(=O)c1ccccc1SCC(=O)N(C)C. The van der Waals surface area contributed by atoms with Crippen LogP contribution in [-0.2, 0) is 4.79 Å². The summed E-state index contributed by atoms with van der Waals surface area (Å²) in [4.78, 5) is 26.4. The van der Waals surface area contributed by atoms with Gasteiger partial charge >= 0.3 is 0 Å². The van der Waals surface area contributed by atoms with Crippen LogP contribution in [0.2, 0.25) is 0 Å². The molecule has 0 aliphatic carbocycles. The van der Waals surface area contributed by atoms with Gasteiger partial charge in [0, 0.05) is 25.5 Å². The summed E-state index contributed by atoms with van der Waals surface area (Å²) < 4.78 is 0. The number of thiocarbonyl (C=S) groups is 1. The Hall–Kier alpha value is -1.80. The normalized spacial score (nSPS) is 10.3. The van der Waals surface area contributed by atoms with E-state index in [9.17, 15) is 9.59 Å². The molecule has 1 rings (SSSR count). The van der Waals surface area contributed by atoms with Crippen molar-refractivity contribution in [2.75, 3.05) is 26.4 Å². The highest BCUT2D eigenvalue weighted by Gasteiger charge is 2.13. The molecule has 0 fully saturated rings. The number of hydrogen-bond acceptors (Lipinski definition) is 4. The lowest BCUT2D eigenvalue weighted by atomic mass is 10.1. The first-order chi connectivity index (χ1) is 11.8. The Kier molecular flexibility index (Phi) is 9.30. The van der Waals surface area contributed by atoms with Crippen molar-refractivity contribution in [2.24, 2.45) is 5.92 Å². The molecule has 0 unspecified atom stereocenters. The van der Waals surface area contributed by atoms with Gasteiger partial charge in [0.15, 0.2) is 5.11 Å². The number of rotatable bonds is 7. The molecule has 0 aliphatic rings.